The SMILES string of the molecule is COc1ccc(OC)c(-c2cc3c(cc2OC)C(OC(N)=O)C(C)(C)C3)c1. The molecule has 2 aromatic carbocycles. The number of benzene rings is 2. The summed E-state index contributed by atoms with van der Waals surface area (Å²) in [5.74, 6) is 2.11. The number of carbonyl (C=O) groups is 1. The van der Waals surface area contributed by atoms with Crippen molar-refractivity contribution >= 4 is 6.09 Å². The van der Waals surface area contributed by atoms with E-state index >= 15 is 0 Å². The minimum atomic E-state index is -0.779. The number of primary amides is 1. The summed E-state index contributed by atoms with van der Waals surface area (Å²) in [6.45, 7) is 4.11. The molecule has 27 heavy (non-hydrogen) atoms. The average Bonchev–Trinajstić information content (AvgIpc) is 2.88. The second kappa shape index (κ2) is 7.02. The van der Waals surface area contributed by atoms with Gasteiger partial charge in [-0.25, -0.2) is 4.79 Å². The summed E-state index contributed by atoms with van der Waals surface area (Å²) in [5, 5.41) is 0. The monoisotopic (exact) mass is 371 g/mol. The second-order valence-corrected chi connectivity index (χ2v) is 7.30. The van der Waals surface area contributed by atoms with Crippen LogP contribution in [0.3, 0.4) is 0 Å². The zero-order valence-electron chi connectivity index (χ0n) is 16.3. The van der Waals surface area contributed by atoms with Crippen molar-refractivity contribution in [3.63, 3.8) is 0 Å². The minimum Gasteiger partial charge on any atom is -0.497 e. The van der Waals surface area contributed by atoms with Crippen LogP contribution < -0.4 is 19.9 Å². The molecule has 0 aliphatic heterocycles. The van der Waals surface area contributed by atoms with E-state index in [4.69, 9.17) is 24.7 Å². The summed E-state index contributed by atoms with van der Waals surface area (Å²) >= 11 is 0. The average molecular weight is 371 g/mol. The van der Waals surface area contributed by atoms with Crippen LogP contribution in [-0.2, 0) is 11.2 Å². The van der Waals surface area contributed by atoms with Gasteiger partial charge >= 0.3 is 6.09 Å². The highest BCUT2D eigenvalue weighted by Gasteiger charge is 2.42. The van der Waals surface area contributed by atoms with E-state index in [9.17, 15) is 4.79 Å². The van der Waals surface area contributed by atoms with E-state index in [2.05, 4.69) is 19.9 Å². The Bertz CT molecular complexity index is 875. The fraction of sp³-hybridized carbons (Fsp3) is 0.381. The van der Waals surface area contributed by atoms with Crippen LogP contribution in [0.2, 0.25) is 0 Å². The van der Waals surface area contributed by atoms with Crippen molar-refractivity contribution < 1.29 is 23.7 Å². The summed E-state index contributed by atoms with van der Waals surface area (Å²) in [6, 6.07) is 9.62. The van der Waals surface area contributed by atoms with Gasteiger partial charge in [-0.2, -0.15) is 0 Å². The maximum Gasteiger partial charge on any atom is 0.405 e. The normalized spacial score (nSPS) is 17.1. The van der Waals surface area contributed by atoms with E-state index < -0.39 is 12.2 Å². The van der Waals surface area contributed by atoms with E-state index in [-0.39, 0.29) is 5.41 Å². The maximum absolute atomic E-state index is 11.4. The number of rotatable bonds is 5. The van der Waals surface area contributed by atoms with Gasteiger partial charge in [0.2, 0.25) is 0 Å². The number of fused-ring (bicyclic) bond motifs is 1. The van der Waals surface area contributed by atoms with Crippen LogP contribution in [0.5, 0.6) is 17.2 Å². The Balaban J connectivity index is 2.18. The largest absolute Gasteiger partial charge is 0.497 e. The Morgan fingerprint density at radius 2 is 1.67 bits per heavy atom. The molecule has 1 aliphatic carbocycles. The van der Waals surface area contributed by atoms with Gasteiger partial charge in [0.25, 0.3) is 0 Å². The van der Waals surface area contributed by atoms with Crippen LogP contribution >= 0.6 is 0 Å². The van der Waals surface area contributed by atoms with Crippen LogP contribution in [0.4, 0.5) is 4.79 Å². The molecule has 0 heterocycles. The number of hydrogen-bond acceptors (Lipinski definition) is 5. The van der Waals surface area contributed by atoms with Gasteiger partial charge in [-0.15, -0.1) is 0 Å². The predicted octanol–water partition coefficient (Wildman–Crippen LogP) is 4.10. The van der Waals surface area contributed by atoms with Crippen molar-refractivity contribution in [1.82, 2.24) is 0 Å². The molecular weight excluding hydrogens is 346 g/mol. The van der Waals surface area contributed by atoms with E-state index in [1.165, 1.54) is 0 Å². The van der Waals surface area contributed by atoms with Gasteiger partial charge in [0.15, 0.2) is 0 Å². The molecule has 0 aromatic heterocycles. The van der Waals surface area contributed by atoms with Gasteiger partial charge in [0, 0.05) is 16.5 Å². The third-order valence-electron chi connectivity index (χ3n) is 5.03. The summed E-state index contributed by atoms with van der Waals surface area (Å²) in [7, 11) is 4.87. The van der Waals surface area contributed by atoms with E-state index in [1.807, 2.05) is 24.3 Å². The Morgan fingerprint density at radius 3 is 2.26 bits per heavy atom. The lowest BCUT2D eigenvalue weighted by molar-refractivity contribution is 0.0391. The third kappa shape index (κ3) is 3.39. The molecule has 2 aromatic rings. The molecule has 3 rings (SSSR count). The van der Waals surface area contributed by atoms with Crippen molar-refractivity contribution in [2.24, 2.45) is 11.1 Å². The summed E-state index contributed by atoms with van der Waals surface area (Å²) in [4.78, 5) is 11.4. The van der Waals surface area contributed by atoms with Crippen molar-refractivity contribution in [2.45, 2.75) is 26.4 Å². The summed E-state index contributed by atoms with van der Waals surface area (Å²) in [5.41, 5.74) is 8.79. The van der Waals surface area contributed by atoms with E-state index in [0.717, 1.165) is 40.2 Å². The molecule has 1 amide bonds. The maximum atomic E-state index is 11.4. The molecule has 1 unspecified atom stereocenters. The smallest absolute Gasteiger partial charge is 0.405 e. The van der Waals surface area contributed by atoms with Crippen molar-refractivity contribution in [3.8, 4) is 28.4 Å². The Morgan fingerprint density at radius 1 is 1.00 bits per heavy atom. The molecular formula is C21H25NO5. The lowest BCUT2D eigenvalue weighted by atomic mass is 9.87. The third-order valence-corrected chi connectivity index (χ3v) is 5.03. The molecule has 0 bridgehead atoms. The molecule has 1 aliphatic rings. The first-order chi connectivity index (χ1) is 12.8. The van der Waals surface area contributed by atoms with E-state index in [0.29, 0.717) is 5.75 Å². The standard InChI is InChI=1S/C21H25NO5/c1-21(2)11-12-8-15(16-9-13(24-3)6-7-17(16)25-4)18(26-5)10-14(12)19(21)27-20(22)23/h6-10,19H,11H2,1-5H3,(H2,22,23). The molecule has 0 saturated heterocycles. The number of ether oxygens (including phenoxy) is 4. The van der Waals surface area contributed by atoms with Gasteiger partial charge in [-0.3, -0.25) is 0 Å². The first kappa shape index (κ1) is 18.9. The molecule has 6 heteroatoms. The number of carbonyl (C=O) groups excluding carboxylic acids is 1. The van der Waals surface area contributed by atoms with Crippen LogP contribution in [-0.4, -0.2) is 27.4 Å². The molecule has 144 valence electrons. The highest BCUT2D eigenvalue weighted by atomic mass is 16.6. The van der Waals surface area contributed by atoms with Crippen LogP contribution in [0.1, 0.15) is 31.1 Å². The van der Waals surface area contributed by atoms with Gasteiger partial charge in [-0.05, 0) is 47.9 Å². The molecule has 1 atom stereocenters. The Kier molecular flexibility index (Phi) is 4.91. The highest BCUT2D eigenvalue weighted by Crippen LogP contribution is 2.51. The van der Waals surface area contributed by atoms with Gasteiger partial charge in [-0.1, -0.05) is 13.8 Å². The zero-order valence-corrected chi connectivity index (χ0v) is 16.3. The minimum absolute atomic E-state index is 0.264. The van der Waals surface area contributed by atoms with Gasteiger partial charge in [0.1, 0.15) is 23.4 Å². The molecule has 0 fully saturated rings. The van der Waals surface area contributed by atoms with Crippen molar-refractivity contribution in [2.75, 3.05) is 21.3 Å². The molecule has 0 spiro atoms. The lowest BCUT2D eigenvalue weighted by Gasteiger charge is -2.26. The molecule has 2 N–H and O–H groups in total. The predicted molar refractivity (Wildman–Crippen MR) is 102 cm³/mol. The number of amides is 1. The lowest BCUT2D eigenvalue weighted by Crippen LogP contribution is -2.25. The zero-order chi connectivity index (χ0) is 19.8. The Hall–Kier alpha value is -2.89. The second-order valence-electron chi connectivity index (χ2n) is 7.30. The van der Waals surface area contributed by atoms with Crippen molar-refractivity contribution in [1.29, 1.82) is 0 Å². The Labute approximate surface area is 159 Å². The summed E-state index contributed by atoms with van der Waals surface area (Å²) < 4.78 is 22.0. The highest BCUT2D eigenvalue weighted by molar-refractivity contribution is 5.79. The quantitative estimate of drug-likeness (QED) is 0.856. The van der Waals surface area contributed by atoms with Crippen LogP contribution in [0.15, 0.2) is 30.3 Å². The number of nitrogens with two attached hydrogens (primary N) is 1. The number of methoxy groups -OCH3 is 3. The van der Waals surface area contributed by atoms with Crippen molar-refractivity contribution in [3.05, 3.63) is 41.5 Å². The first-order valence-corrected chi connectivity index (χ1v) is 8.70. The van der Waals surface area contributed by atoms with Crippen LogP contribution in [0, 0.1) is 5.41 Å². The van der Waals surface area contributed by atoms with Crippen LogP contribution in [0.25, 0.3) is 11.1 Å². The number of hydrogen-bond donors (Lipinski definition) is 1. The van der Waals surface area contributed by atoms with Gasteiger partial charge < -0.3 is 24.7 Å². The fourth-order valence-corrected chi connectivity index (χ4v) is 3.79. The molecule has 6 nitrogen and oxygen atoms in total. The fourth-order valence-electron chi connectivity index (χ4n) is 3.79. The van der Waals surface area contributed by atoms with Gasteiger partial charge in [0.05, 0.1) is 21.3 Å². The molecule has 0 radical (unpaired) electrons. The molecule has 0 saturated carbocycles. The first-order valence-electron chi connectivity index (χ1n) is 8.70. The van der Waals surface area contributed by atoms with E-state index in [1.54, 1.807) is 21.3 Å². The topological polar surface area (TPSA) is 80.0 Å². The summed E-state index contributed by atoms with van der Waals surface area (Å²) in [6.07, 6.45) is -0.442.